The molecule has 1 aliphatic rings. The maximum atomic E-state index is 14.3. The highest BCUT2D eigenvalue weighted by Gasteiger charge is 2.35. The molecule has 43 heavy (non-hydrogen) atoms. The van der Waals surface area contributed by atoms with Gasteiger partial charge in [-0.15, -0.1) is 0 Å². The van der Waals surface area contributed by atoms with Gasteiger partial charge >= 0.3 is 0 Å². The highest BCUT2D eigenvalue weighted by molar-refractivity contribution is 7.92. The monoisotopic (exact) mass is 623 g/mol. The summed E-state index contributed by atoms with van der Waals surface area (Å²) in [4.78, 5) is 29.6. The van der Waals surface area contributed by atoms with Crippen molar-refractivity contribution in [3.05, 3.63) is 94.0 Å². The highest BCUT2D eigenvalue weighted by Crippen LogP contribution is 2.30. The van der Waals surface area contributed by atoms with E-state index in [2.05, 4.69) is 5.32 Å². The van der Waals surface area contributed by atoms with Crippen molar-refractivity contribution in [1.82, 2.24) is 10.2 Å². The second-order valence-electron chi connectivity index (χ2n) is 11.5. The number of benzene rings is 3. The normalized spacial score (nSPS) is 14.6. The first-order valence-electron chi connectivity index (χ1n) is 15.0. The zero-order valence-corrected chi connectivity index (χ0v) is 27.0. The smallest absolute Gasteiger partial charge is 0.264 e. The number of anilines is 1. The summed E-state index contributed by atoms with van der Waals surface area (Å²) >= 11 is 6.22. The van der Waals surface area contributed by atoms with E-state index in [1.165, 1.54) is 4.90 Å². The highest BCUT2D eigenvalue weighted by atomic mass is 35.5. The van der Waals surface area contributed by atoms with Gasteiger partial charge in [-0.3, -0.25) is 13.9 Å². The molecule has 3 aromatic carbocycles. The molecule has 0 saturated heterocycles. The minimum atomic E-state index is -4.15. The Morgan fingerprint density at radius 3 is 2.09 bits per heavy atom. The standard InChI is InChI=1S/C34H42ClN3O4S/c1-5-31(34(40)36-29-9-7-6-8-10-29)37(22-27-15-11-24(2)12-16-27)33(39)23-38(32-20-17-28(35)21-26(32)4)43(41,42)30-18-13-25(3)14-19-30/h11-21,29,31H,5-10,22-23H2,1-4H3,(H,36,40)/t31-/m1/s1. The molecule has 0 spiro atoms. The molecule has 2 amide bonds. The van der Waals surface area contributed by atoms with Crippen LogP contribution in [-0.4, -0.2) is 43.8 Å². The second-order valence-corrected chi connectivity index (χ2v) is 13.8. The fourth-order valence-electron chi connectivity index (χ4n) is 5.60. The lowest BCUT2D eigenvalue weighted by Gasteiger charge is -2.34. The van der Waals surface area contributed by atoms with Crippen molar-refractivity contribution in [2.75, 3.05) is 10.8 Å². The summed E-state index contributed by atoms with van der Waals surface area (Å²) in [5.41, 5.74) is 3.83. The number of amides is 2. The number of carbonyl (C=O) groups is 2. The van der Waals surface area contributed by atoms with Crippen molar-refractivity contribution in [2.45, 2.75) is 89.7 Å². The van der Waals surface area contributed by atoms with E-state index < -0.39 is 28.5 Å². The van der Waals surface area contributed by atoms with Crippen molar-refractivity contribution < 1.29 is 18.0 Å². The predicted octanol–water partition coefficient (Wildman–Crippen LogP) is 6.72. The lowest BCUT2D eigenvalue weighted by molar-refractivity contribution is -0.140. The third-order valence-electron chi connectivity index (χ3n) is 8.13. The summed E-state index contributed by atoms with van der Waals surface area (Å²) in [6, 6.07) is 18.6. The Morgan fingerprint density at radius 2 is 1.51 bits per heavy atom. The van der Waals surface area contributed by atoms with Crippen molar-refractivity contribution >= 4 is 39.1 Å². The molecule has 0 unspecified atom stereocenters. The molecule has 230 valence electrons. The number of aryl methyl sites for hydroxylation is 3. The Kier molecular flexibility index (Phi) is 10.9. The molecule has 0 aromatic heterocycles. The molecule has 0 aliphatic heterocycles. The van der Waals surface area contributed by atoms with Gasteiger partial charge in [0.15, 0.2) is 0 Å². The summed E-state index contributed by atoms with van der Waals surface area (Å²) in [5, 5.41) is 3.65. The molecule has 9 heteroatoms. The zero-order valence-electron chi connectivity index (χ0n) is 25.5. The van der Waals surface area contributed by atoms with E-state index in [-0.39, 0.29) is 23.4 Å². The summed E-state index contributed by atoms with van der Waals surface area (Å²) in [7, 11) is -4.15. The van der Waals surface area contributed by atoms with E-state index in [4.69, 9.17) is 11.6 Å². The van der Waals surface area contributed by atoms with E-state index in [0.29, 0.717) is 22.7 Å². The van der Waals surface area contributed by atoms with Gasteiger partial charge in [0.05, 0.1) is 10.6 Å². The summed E-state index contributed by atoms with van der Waals surface area (Å²) in [6.07, 6.45) is 5.54. The molecule has 4 rings (SSSR count). The van der Waals surface area contributed by atoms with Gasteiger partial charge in [-0.25, -0.2) is 8.42 Å². The largest absolute Gasteiger partial charge is 0.352 e. The number of rotatable bonds is 11. The molecule has 0 radical (unpaired) electrons. The maximum Gasteiger partial charge on any atom is 0.264 e. The minimum absolute atomic E-state index is 0.0763. The van der Waals surface area contributed by atoms with E-state index in [1.54, 1.807) is 49.4 Å². The number of hydrogen-bond acceptors (Lipinski definition) is 4. The van der Waals surface area contributed by atoms with E-state index in [0.717, 1.165) is 53.1 Å². The van der Waals surface area contributed by atoms with Crippen LogP contribution >= 0.6 is 11.6 Å². The van der Waals surface area contributed by atoms with Gasteiger partial charge in [-0.1, -0.05) is 85.3 Å². The van der Waals surface area contributed by atoms with Gasteiger partial charge in [0, 0.05) is 17.6 Å². The Balaban J connectivity index is 1.72. The number of sulfonamides is 1. The molecule has 1 saturated carbocycles. The zero-order chi connectivity index (χ0) is 31.1. The molecule has 0 heterocycles. The fourth-order valence-corrected chi connectivity index (χ4v) is 7.31. The fraction of sp³-hybridized carbons (Fsp3) is 0.412. The second kappa shape index (κ2) is 14.4. The lowest BCUT2D eigenvalue weighted by Crippen LogP contribution is -2.54. The van der Waals surface area contributed by atoms with Gasteiger partial charge in [-0.05, 0) is 81.5 Å². The molecule has 1 fully saturated rings. The van der Waals surface area contributed by atoms with Crippen molar-refractivity contribution in [2.24, 2.45) is 0 Å². The van der Waals surface area contributed by atoms with Crippen molar-refractivity contribution in [3.63, 3.8) is 0 Å². The summed E-state index contributed by atoms with van der Waals surface area (Å²) in [5.74, 6) is -0.665. The van der Waals surface area contributed by atoms with Crippen LogP contribution in [0.25, 0.3) is 0 Å². The third-order valence-corrected chi connectivity index (χ3v) is 10.1. The van der Waals surface area contributed by atoms with E-state index in [1.807, 2.05) is 45.0 Å². The van der Waals surface area contributed by atoms with Gasteiger partial charge in [-0.2, -0.15) is 0 Å². The molecule has 3 aromatic rings. The first kappa shape index (κ1) is 32.6. The average Bonchev–Trinajstić information content (AvgIpc) is 2.98. The van der Waals surface area contributed by atoms with E-state index in [9.17, 15) is 18.0 Å². The number of nitrogens with zero attached hydrogens (tertiary/aromatic N) is 2. The van der Waals surface area contributed by atoms with Crippen LogP contribution in [0.2, 0.25) is 5.02 Å². The molecular weight excluding hydrogens is 582 g/mol. The quantitative estimate of drug-likeness (QED) is 0.257. The Labute approximate surface area is 261 Å². The first-order valence-corrected chi connectivity index (χ1v) is 16.8. The first-order chi connectivity index (χ1) is 20.5. The van der Waals surface area contributed by atoms with Crippen LogP contribution in [0.15, 0.2) is 71.6 Å². The van der Waals surface area contributed by atoms with Gasteiger partial charge < -0.3 is 10.2 Å². The number of hydrogen-bond donors (Lipinski definition) is 1. The maximum absolute atomic E-state index is 14.3. The topological polar surface area (TPSA) is 86.8 Å². The van der Waals surface area contributed by atoms with Crippen LogP contribution in [0, 0.1) is 20.8 Å². The molecule has 0 bridgehead atoms. The molecular formula is C34H42ClN3O4S. The molecule has 1 N–H and O–H groups in total. The number of carbonyl (C=O) groups excluding carboxylic acids is 2. The van der Waals surface area contributed by atoms with Crippen LogP contribution in [0.4, 0.5) is 5.69 Å². The van der Waals surface area contributed by atoms with E-state index >= 15 is 0 Å². The van der Waals surface area contributed by atoms with Gasteiger partial charge in [0.2, 0.25) is 11.8 Å². The number of halogens is 1. The lowest BCUT2D eigenvalue weighted by atomic mass is 9.95. The Hall–Kier alpha value is -3.36. The van der Waals surface area contributed by atoms with Crippen LogP contribution in [0.5, 0.6) is 0 Å². The minimum Gasteiger partial charge on any atom is -0.352 e. The van der Waals surface area contributed by atoms with Crippen LogP contribution < -0.4 is 9.62 Å². The average molecular weight is 624 g/mol. The molecule has 1 atom stereocenters. The summed E-state index contributed by atoms with van der Waals surface area (Å²) < 4.78 is 29.4. The Morgan fingerprint density at radius 1 is 0.907 bits per heavy atom. The van der Waals surface area contributed by atoms with Crippen molar-refractivity contribution in [3.8, 4) is 0 Å². The van der Waals surface area contributed by atoms with Crippen molar-refractivity contribution in [1.29, 1.82) is 0 Å². The van der Waals surface area contributed by atoms with Gasteiger partial charge in [0.25, 0.3) is 10.0 Å². The van der Waals surface area contributed by atoms with Crippen LogP contribution in [0.1, 0.15) is 67.7 Å². The molecule has 1 aliphatic carbocycles. The predicted molar refractivity (Wildman–Crippen MR) is 173 cm³/mol. The van der Waals surface area contributed by atoms with Gasteiger partial charge in [0.1, 0.15) is 12.6 Å². The molecule has 7 nitrogen and oxygen atoms in total. The van der Waals surface area contributed by atoms with Crippen LogP contribution in [-0.2, 0) is 26.2 Å². The Bertz CT molecular complexity index is 1520. The SMILES string of the molecule is CC[C@H](C(=O)NC1CCCCC1)N(Cc1ccc(C)cc1)C(=O)CN(c1ccc(Cl)cc1C)S(=O)(=O)c1ccc(C)cc1. The third kappa shape index (κ3) is 8.18. The van der Waals surface area contributed by atoms with Crippen LogP contribution in [0.3, 0.4) is 0 Å². The number of nitrogens with one attached hydrogen (secondary N) is 1. The summed E-state index contributed by atoms with van der Waals surface area (Å²) in [6.45, 7) is 7.21.